The molecule has 102 valence electrons. The summed E-state index contributed by atoms with van der Waals surface area (Å²) in [4.78, 5) is 0. The highest BCUT2D eigenvalue weighted by Gasteiger charge is 2.33. The van der Waals surface area contributed by atoms with Crippen molar-refractivity contribution in [3.05, 3.63) is 16.4 Å². The van der Waals surface area contributed by atoms with Crippen molar-refractivity contribution in [2.24, 2.45) is 11.1 Å². The van der Waals surface area contributed by atoms with Crippen LogP contribution in [0.2, 0.25) is 5.02 Å². The largest absolute Gasteiger partial charge is 0.330 e. The Kier molecular flexibility index (Phi) is 4.33. The Hall–Kier alpha value is -0.540. The van der Waals surface area contributed by atoms with E-state index in [9.17, 15) is 0 Å². The Morgan fingerprint density at radius 1 is 1.33 bits per heavy atom. The molecule has 1 fully saturated rings. The fourth-order valence-electron chi connectivity index (χ4n) is 3.15. The monoisotopic (exact) mass is 269 g/mol. The third-order valence-corrected chi connectivity index (χ3v) is 4.83. The molecule has 0 amide bonds. The molecule has 1 heterocycles. The number of aryl methyl sites for hydroxylation is 2. The molecule has 0 aliphatic heterocycles. The van der Waals surface area contributed by atoms with Crippen LogP contribution in [0, 0.1) is 12.3 Å². The molecule has 18 heavy (non-hydrogen) atoms. The third-order valence-electron chi connectivity index (χ3n) is 4.34. The van der Waals surface area contributed by atoms with Gasteiger partial charge in [-0.15, -0.1) is 0 Å². The van der Waals surface area contributed by atoms with Crippen LogP contribution in [-0.4, -0.2) is 16.3 Å². The van der Waals surface area contributed by atoms with Gasteiger partial charge in [-0.3, -0.25) is 4.68 Å². The molecule has 1 saturated carbocycles. The zero-order chi connectivity index (χ0) is 13.2. The van der Waals surface area contributed by atoms with Crippen LogP contribution in [0.5, 0.6) is 0 Å². The van der Waals surface area contributed by atoms with Gasteiger partial charge in [0.15, 0.2) is 0 Å². The Bertz CT molecular complexity index is 405. The lowest BCUT2D eigenvalue weighted by molar-refractivity contribution is 0.193. The Morgan fingerprint density at radius 2 is 2.00 bits per heavy atom. The summed E-state index contributed by atoms with van der Waals surface area (Å²) in [6.07, 6.45) is 7.39. The maximum atomic E-state index is 6.41. The van der Waals surface area contributed by atoms with Gasteiger partial charge < -0.3 is 5.73 Å². The highest BCUT2D eigenvalue weighted by molar-refractivity contribution is 6.31. The van der Waals surface area contributed by atoms with Gasteiger partial charge in [0.1, 0.15) is 0 Å². The van der Waals surface area contributed by atoms with Crippen LogP contribution in [0.25, 0.3) is 0 Å². The first kappa shape index (κ1) is 13.9. The van der Waals surface area contributed by atoms with E-state index < -0.39 is 0 Å². The Labute approximate surface area is 115 Å². The van der Waals surface area contributed by atoms with Gasteiger partial charge in [0.25, 0.3) is 0 Å². The number of nitrogens with two attached hydrogens (primary N) is 1. The van der Waals surface area contributed by atoms with Gasteiger partial charge in [-0.2, -0.15) is 5.10 Å². The summed E-state index contributed by atoms with van der Waals surface area (Å²) >= 11 is 6.41. The molecule has 0 atom stereocenters. The smallest absolute Gasteiger partial charge is 0.0847 e. The van der Waals surface area contributed by atoms with Gasteiger partial charge in [0, 0.05) is 6.54 Å². The molecule has 0 spiro atoms. The van der Waals surface area contributed by atoms with Crippen molar-refractivity contribution in [2.75, 3.05) is 6.54 Å². The maximum Gasteiger partial charge on any atom is 0.0847 e. The molecular weight excluding hydrogens is 246 g/mol. The number of hydrogen-bond donors (Lipinski definition) is 1. The first-order valence-electron chi connectivity index (χ1n) is 7.04. The average molecular weight is 270 g/mol. The topological polar surface area (TPSA) is 43.8 Å². The van der Waals surface area contributed by atoms with Gasteiger partial charge in [-0.05, 0) is 45.1 Å². The minimum absolute atomic E-state index is 0.251. The Morgan fingerprint density at radius 3 is 2.56 bits per heavy atom. The summed E-state index contributed by atoms with van der Waals surface area (Å²) in [6.45, 7) is 5.73. The van der Waals surface area contributed by atoms with Crippen molar-refractivity contribution >= 4 is 11.6 Å². The van der Waals surface area contributed by atoms with Crippen molar-refractivity contribution in [1.29, 1.82) is 0 Å². The van der Waals surface area contributed by atoms with Crippen LogP contribution in [0.4, 0.5) is 0 Å². The van der Waals surface area contributed by atoms with Crippen LogP contribution in [-0.2, 0) is 13.0 Å². The van der Waals surface area contributed by atoms with Crippen molar-refractivity contribution in [3.63, 3.8) is 0 Å². The summed E-state index contributed by atoms with van der Waals surface area (Å²) in [5, 5.41) is 5.35. The molecule has 0 saturated heterocycles. The van der Waals surface area contributed by atoms with Gasteiger partial charge in [-0.25, -0.2) is 0 Å². The standard InChI is InChI=1S/C14H24ClN3/c1-3-18-12(13(15)11(2)17-18)9-14(10-16)7-5-4-6-8-14/h3-10,16H2,1-2H3. The number of rotatable bonds is 4. The third kappa shape index (κ3) is 2.57. The zero-order valence-electron chi connectivity index (χ0n) is 11.5. The summed E-state index contributed by atoms with van der Waals surface area (Å²) in [7, 11) is 0. The van der Waals surface area contributed by atoms with E-state index in [1.807, 2.05) is 11.6 Å². The fourth-order valence-corrected chi connectivity index (χ4v) is 3.35. The van der Waals surface area contributed by atoms with Gasteiger partial charge in [0.05, 0.1) is 16.4 Å². The number of halogens is 1. The highest BCUT2D eigenvalue weighted by atomic mass is 35.5. The van der Waals surface area contributed by atoms with E-state index >= 15 is 0 Å². The first-order valence-corrected chi connectivity index (χ1v) is 7.41. The second kappa shape index (κ2) is 5.62. The lowest BCUT2D eigenvalue weighted by Gasteiger charge is -2.36. The summed E-state index contributed by atoms with van der Waals surface area (Å²) in [5.74, 6) is 0. The van der Waals surface area contributed by atoms with Gasteiger partial charge >= 0.3 is 0 Å². The second-order valence-corrected chi connectivity index (χ2v) is 5.98. The van der Waals surface area contributed by atoms with Gasteiger partial charge in [0.2, 0.25) is 0 Å². The van der Waals surface area contributed by atoms with E-state index in [4.69, 9.17) is 17.3 Å². The SMILES string of the molecule is CCn1nc(C)c(Cl)c1CC1(CN)CCCCC1. The first-order chi connectivity index (χ1) is 8.62. The summed E-state index contributed by atoms with van der Waals surface area (Å²) < 4.78 is 2.05. The lowest BCUT2D eigenvalue weighted by Crippen LogP contribution is -2.35. The minimum atomic E-state index is 0.251. The van der Waals surface area contributed by atoms with Crippen molar-refractivity contribution in [1.82, 2.24) is 9.78 Å². The molecule has 3 nitrogen and oxygen atoms in total. The molecule has 1 aliphatic carbocycles. The van der Waals surface area contributed by atoms with E-state index in [-0.39, 0.29) is 5.41 Å². The minimum Gasteiger partial charge on any atom is -0.330 e. The molecule has 1 aliphatic rings. The van der Waals surface area contributed by atoms with E-state index in [1.165, 1.54) is 37.8 Å². The molecule has 1 aromatic rings. The average Bonchev–Trinajstić information content (AvgIpc) is 2.67. The molecular formula is C14H24ClN3. The molecule has 0 bridgehead atoms. The van der Waals surface area contributed by atoms with E-state index in [2.05, 4.69) is 12.0 Å². The van der Waals surface area contributed by atoms with Gasteiger partial charge in [-0.1, -0.05) is 30.9 Å². The van der Waals surface area contributed by atoms with E-state index in [1.54, 1.807) is 0 Å². The number of hydrogen-bond acceptors (Lipinski definition) is 2. The van der Waals surface area contributed by atoms with Crippen molar-refractivity contribution in [2.45, 2.75) is 58.9 Å². The van der Waals surface area contributed by atoms with Crippen LogP contribution in [0.1, 0.15) is 50.4 Å². The number of aromatic nitrogens is 2. The molecule has 0 unspecified atom stereocenters. The molecule has 2 rings (SSSR count). The quantitative estimate of drug-likeness (QED) is 0.911. The summed E-state index contributed by atoms with van der Waals surface area (Å²) in [5.41, 5.74) is 8.44. The number of nitrogens with zero attached hydrogens (tertiary/aromatic N) is 2. The van der Waals surface area contributed by atoms with Crippen LogP contribution in [0.15, 0.2) is 0 Å². The highest BCUT2D eigenvalue weighted by Crippen LogP contribution is 2.40. The zero-order valence-corrected chi connectivity index (χ0v) is 12.3. The van der Waals surface area contributed by atoms with Crippen molar-refractivity contribution in [3.8, 4) is 0 Å². The normalized spacial score (nSPS) is 19.1. The Balaban J connectivity index is 2.26. The molecule has 0 aromatic carbocycles. The predicted molar refractivity (Wildman–Crippen MR) is 75.9 cm³/mol. The van der Waals surface area contributed by atoms with E-state index in [0.717, 1.165) is 30.2 Å². The summed E-state index contributed by atoms with van der Waals surface area (Å²) in [6, 6.07) is 0. The van der Waals surface area contributed by atoms with Crippen LogP contribution >= 0.6 is 11.6 Å². The predicted octanol–water partition coefficient (Wildman–Crippen LogP) is 3.32. The molecule has 1 aromatic heterocycles. The fraction of sp³-hybridized carbons (Fsp3) is 0.786. The van der Waals surface area contributed by atoms with Crippen LogP contribution in [0.3, 0.4) is 0 Å². The van der Waals surface area contributed by atoms with Crippen LogP contribution < -0.4 is 5.73 Å². The van der Waals surface area contributed by atoms with E-state index in [0.29, 0.717) is 0 Å². The molecule has 0 radical (unpaired) electrons. The second-order valence-electron chi connectivity index (χ2n) is 5.60. The molecule has 2 N–H and O–H groups in total. The van der Waals surface area contributed by atoms with Crippen molar-refractivity contribution < 1.29 is 0 Å². The maximum absolute atomic E-state index is 6.41. The lowest BCUT2D eigenvalue weighted by atomic mass is 9.71. The molecule has 4 heteroatoms.